The van der Waals surface area contributed by atoms with Crippen LogP contribution in [0.15, 0.2) is 36.4 Å². The van der Waals surface area contributed by atoms with Gasteiger partial charge in [0.05, 0.1) is 12.6 Å². The van der Waals surface area contributed by atoms with Crippen LogP contribution in [0, 0.1) is 23.0 Å². The first kappa shape index (κ1) is 32.1. The van der Waals surface area contributed by atoms with Crippen LogP contribution in [0.3, 0.4) is 0 Å². The zero-order chi connectivity index (χ0) is 31.5. The third-order valence-electron chi connectivity index (χ3n) is 7.96. The minimum atomic E-state index is -1.02. The largest absolute Gasteiger partial charge is 0.358 e. The first-order valence-electron chi connectivity index (χ1n) is 14.9. The van der Waals surface area contributed by atoms with E-state index in [0.29, 0.717) is 35.2 Å². The molecule has 232 valence electrons. The number of hydrogen-bond donors (Lipinski definition) is 2. The molecule has 1 saturated carbocycles. The summed E-state index contributed by atoms with van der Waals surface area (Å²) < 4.78 is 28.0. The lowest BCUT2D eigenvalue weighted by molar-refractivity contribution is -0.136. The summed E-state index contributed by atoms with van der Waals surface area (Å²) in [5, 5.41) is 5.45. The van der Waals surface area contributed by atoms with Crippen molar-refractivity contribution in [1.29, 1.82) is 0 Å². The lowest BCUT2D eigenvalue weighted by Crippen LogP contribution is -2.45. The van der Waals surface area contributed by atoms with Gasteiger partial charge in [0.1, 0.15) is 0 Å². The highest BCUT2D eigenvalue weighted by atomic mass is 19.2. The Labute approximate surface area is 252 Å². The molecule has 1 fully saturated rings. The van der Waals surface area contributed by atoms with Crippen LogP contribution >= 0.6 is 0 Å². The molecule has 2 aromatic carbocycles. The van der Waals surface area contributed by atoms with Gasteiger partial charge in [-0.25, -0.2) is 8.78 Å². The molecule has 2 aromatic rings. The number of benzene rings is 2. The SMILES string of the molecule is CNC(=O)CN(C(=O)CCN1C(=O)c2cc(NC(=O)CC(C)CC(C)(C)C)ccc2CC1c1ccc(F)c(F)c1)C1CC1. The highest BCUT2D eigenvalue weighted by molar-refractivity contribution is 6.00. The molecular formula is C33H42F2N4O4. The zero-order valence-corrected chi connectivity index (χ0v) is 25.6. The summed E-state index contributed by atoms with van der Waals surface area (Å²) in [5.74, 6) is -2.86. The van der Waals surface area contributed by atoms with Crippen molar-refractivity contribution >= 4 is 29.3 Å². The summed E-state index contributed by atoms with van der Waals surface area (Å²) in [4.78, 5) is 55.0. The molecule has 0 spiro atoms. The first-order chi connectivity index (χ1) is 20.3. The summed E-state index contributed by atoms with van der Waals surface area (Å²) in [5.41, 5.74) is 2.11. The Morgan fingerprint density at radius 2 is 1.77 bits per heavy atom. The maximum absolute atomic E-state index is 14.3. The molecule has 2 unspecified atom stereocenters. The van der Waals surface area contributed by atoms with Gasteiger partial charge >= 0.3 is 0 Å². The Morgan fingerprint density at radius 1 is 1.05 bits per heavy atom. The molecule has 43 heavy (non-hydrogen) atoms. The summed E-state index contributed by atoms with van der Waals surface area (Å²) in [6.07, 6.45) is 3.17. The summed E-state index contributed by atoms with van der Waals surface area (Å²) in [6.45, 7) is 8.41. The second kappa shape index (κ2) is 13.2. The van der Waals surface area contributed by atoms with Crippen molar-refractivity contribution in [3.63, 3.8) is 0 Å². The molecule has 1 aliphatic carbocycles. The lowest BCUT2D eigenvalue weighted by atomic mass is 9.84. The van der Waals surface area contributed by atoms with E-state index in [0.717, 1.165) is 31.4 Å². The standard InChI is InChI=1S/C33H42F2N4O4/c1-20(18-33(2,3)4)14-29(40)37-23-8-6-21-16-28(22-7-11-26(34)27(35)15-22)38(32(43)25(21)17-23)13-12-31(42)39(24-9-10-24)19-30(41)36-5/h6-8,11,15,17,20,24,28H,9-10,12-14,16,18-19H2,1-5H3,(H,36,41)(H,37,40). The van der Waals surface area contributed by atoms with Crippen LogP contribution in [0.2, 0.25) is 0 Å². The van der Waals surface area contributed by atoms with Gasteiger partial charge in [-0.05, 0) is 72.4 Å². The van der Waals surface area contributed by atoms with Crippen molar-refractivity contribution in [2.45, 2.75) is 78.3 Å². The zero-order valence-electron chi connectivity index (χ0n) is 25.6. The van der Waals surface area contributed by atoms with Crippen LogP contribution < -0.4 is 10.6 Å². The van der Waals surface area contributed by atoms with Crippen molar-refractivity contribution in [3.05, 3.63) is 64.7 Å². The fourth-order valence-electron chi connectivity index (χ4n) is 5.97. The molecule has 2 N–H and O–H groups in total. The number of nitrogens with zero attached hydrogens (tertiary/aromatic N) is 2. The second-order valence-electron chi connectivity index (χ2n) is 13.1. The molecule has 0 bridgehead atoms. The topological polar surface area (TPSA) is 98.8 Å². The number of nitrogens with one attached hydrogen (secondary N) is 2. The molecule has 10 heteroatoms. The van der Waals surface area contributed by atoms with E-state index in [1.54, 1.807) is 23.1 Å². The highest BCUT2D eigenvalue weighted by Crippen LogP contribution is 2.36. The molecule has 4 rings (SSSR count). The molecule has 0 aromatic heterocycles. The van der Waals surface area contributed by atoms with Crippen LogP contribution in [0.1, 0.15) is 87.3 Å². The van der Waals surface area contributed by atoms with Gasteiger partial charge in [0.2, 0.25) is 17.7 Å². The molecule has 8 nitrogen and oxygen atoms in total. The third kappa shape index (κ3) is 8.39. The molecule has 2 atom stereocenters. The lowest BCUT2D eigenvalue weighted by Gasteiger charge is -2.37. The predicted molar refractivity (Wildman–Crippen MR) is 160 cm³/mol. The van der Waals surface area contributed by atoms with E-state index >= 15 is 0 Å². The van der Waals surface area contributed by atoms with Gasteiger partial charge in [-0.1, -0.05) is 39.8 Å². The third-order valence-corrected chi connectivity index (χ3v) is 7.96. The van der Waals surface area contributed by atoms with Crippen LogP contribution in [0.5, 0.6) is 0 Å². The van der Waals surface area contributed by atoms with Crippen LogP contribution in [0.4, 0.5) is 14.5 Å². The first-order valence-corrected chi connectivity index (χ1v) is 14.9. The Hall–Kier alpha value is -3.82. The van der Waals surface area contributed by atoms with Gasteiger partial charge < -0.3 is 20.4 Å². The van der Waals surface area contributed by atoms with Crippen molar-refractivity contribution in [1.82, 2.24) is 15.1 Å². The summed E-state index contributed by atoms with van der Waals surface area (Å²) in [6, 6.07) is 8.10. The van der Waals surface area contributed by atoms with Gasteiger partial charge in [0.25, 0.3) is 5.91 Å². The number of amides is 4. The molecule has 1 aliphatic heterocycles. The smallest absolute Gasteiger partial charge is 0.254 e. The average molecular weight is 597 g/mol. The Morgan fingerprint density at radius 3 is 2.40 bits per heavy atom. The van der Waals surface area contributed by atoms with Crippen LogP contribution in [0.25, 0.3) is 0 Å². The minimum Gasteiger partial charge on any atom is -0.358 e. The van der Waals surface area contributed by atoms with Crippen molar-refractivity contribution < 1.29 is 28.0 Å². The van der Waals surface area contributed by atoms with Gasteiger partial charge in [-0.3, -0.25) is 19.2 Å². The Balaban J connectivity index is 1.55. The number of anilines is 1. The molecule has 0 radical (unpaired) electrons. The van der Waals surface area contributed by atoms with Crippen LogP contribution in [-0.2, 0) is 20.8 Å². The van der Waals surface area contributed by atoms with Gasteiger partial charge in [-0.15, -0.1) is 0 Å². The maximum atomic E-state index is 14.3. The molecule has 1 heterocycles. The minimum absolute atomic E-state index is 0.00172. The fourth-order valence-corrected chi connectivity index (χ4v) is 5.97. The molecule has 0 saturated heterocycles. The van der Waals surface area contributed by atoms with E-state index in [9.17, 15) is 28.0 Å². The normalized spacial score (nSPS) is 17.2. The van der Waals surface area contributed by atoms with Crippen molar-refractivity contribution in [2.75, 3.05) is 25.5 Å². The number of likely N-dealkylation sites (N-methyl/N-ethyl adjacent to an activating group) is 1. The Bertz CT molecular complexity index is 1390. The number of rotatable bonds is 11. The fraction of sp³-hybridized carbons (Fsp3) is 0.515. The number of fused-ring (bicyclic) bond motifs is 1. The van der Waals surface area contributed by atoms with Crippen molar-refractivity contribution in [3.8, 4) is 0 Å². The van der Waals surface area contributed by atoms with E-state index in [1.807, 2.05) is 6.92 Å². The maximum Gasteiger partial charge on any atom is 0.254 e. The summed E-state index contributed by atoms with van der Waals surface area (Å²) in [7, 11) is 1.51. The van der Waals surface area contributed by atoms with E-state index in [4.69, 9.17) is 0 Å². The second-order valence-corrected chi connectivity index (χ2v) is 13.1. The van der Waals surface area contributed by atoms with Gasteiger partial charge in [-0.2, -0.15) is 0 Å². The average Bonchev–Trinajstić information content (AvgIpc) is 3.76. The quantitative estimate of drug-likeness (QED) is 0.371. The number of halogens is 2. The predicted octanol–water partition coefficient (Wildman–Crippen LogP) is 5.23. The highest BCUT2D eigenvalue weighted by Gasteiger charge is 2.37. The Kier molecular flexibility index (Phi) is 9.87. The van der Waals surface area contributed by atoms with E-state index in [2.05, 4.69) is 31.4 Å². The molecular weight excluding hydrogens is 554 g/mol. The van der Waals surface area contributed by atoms with E-state index in [-0.39, 0.29) is 60.5 Å². The van der Waals surface area contributed by atoms with Crippen molar-refractivity contribution in [2.24, 2.45) is 11.3 Å². The molecule has 2 aliphatic rings. The number of carbonyl (C=O) groups excluding carboxylic acids is 4. The number of carbonyl (C=O) groups is 4. The summed E-state index contributed by atoms with van der Waals surface area (Å²) >= 11 is 0. The van der Waals surface area contributed by atoms with Gasteiger partial charge in [0, 0.05) is 43.7 Å². The molecule has 4 amide bonds. The van der Waals surface area contributed by atoms with E-state index in [1.165, 1.54) is 18.0 Å². The number of hydrogen-bond acceptors (Lipinski definition) is 4. The van der Waals surface area contributed by atoms with E-state index < -0.39 is 17.7 Å². The monoisotopic (exact) mass is 596 g/mol. The van der Waals surface area contributed by atoms with Gasteiger partial charge in [0.15, 0.2) is 11.6 Å². The van der Waals surface area contributed by atoms with Crippen LogP contribution in [-0.4, -0.2) is 59.6 Å².